The van der Waals surface area contributed by atoms with Gasteiger partial charge < -0.3 is 19.2 Å². The van der Waals surface area contributed by atoms with Gasteiger partial charge in [0, 0.05) is 6.54 Å². The highest BCUT2D eigenvalue weighted by Crippen LogP contribution is 2.12. The zero-order valence-corrected chi connectivity index (χ0v) is 16.1. The molecule has 0 aliphatic heterocycles. The molecule has 0 atom stereocenters. The van der Waals surface area contributed by atoms with E-state index in [9.17, 15) is 14.4 Å². The number of rotatable bonds is 9. The topological polar surface area (TPSA) is 99.8 Å². The first kappa shape index (κ1) is 20.2. The third-order valence-electron chi connectivity index (χ3n) is 4.16. The van der Waals surface area contributed by atoms with Gasteiger partial charge in [-0.1, -0.05) is 24.3 Å². The van der Waals surface area contributed by atoms with E-state index < -0.39 is 17.6 Å². The van der Waals surface area contributed by atoms with Gasteiger partial charge in [0.25, 0.3) is 5.91 Å². The number of amides is 1. The number of ether oxygens (including phenoxy) is 2. The van der Waals surface area contributed by atoms with E-state index in [4.69, 9.17) is 13.9 Å². The van der Waals surface area contributed by atoms with Crippen molar-refractivity contribution in [2.45, 2.75) is 19.9 Å². The number of aromatic nitrogens is 1. The van der Waals surface area contributed by atoms with Crippen molar-refractivity contribution in [1.29, 1.82) is 0 Å². The molecule has 0 aliphatic carbocycles. The van der Waals surface area contributed by atoms with E-state index in [1.807, 2.05) is 31.2 Å². The van der Waals surface area contributed by atoms with Crippen molar-refractivity contribution in [2.75, 3.05) is 19.8 Å². The second-order valence-electron chi connectivity index (χ2n) is 6.41. The lowest BCUT2D eigenvalue weighted by atomic mass is 10.2. The standard InChI is InChI=1S/C21H22N2O6/c1-15-5-4-6-16(13-15)27-12-10-22-19(24)14-28-20(25)9-11-23-17-7-2-3-8-18(17)29-21(23)26/h2-8,13H,9-12,14H2,1H3,(H,22,24). The lowest BCUT2D eigenvalue weighted by Crippen LogP contribution is -2.32. The molecule has 152 valence electrons. The molecule has 0 radical (unpaired) electrons. The van der Waals surface area contributed by atoms with Crippen molar-refractivity contribution < 1.29 is 23.5 Å². The van der Waals surface area contributed by atoms with Gasteiger partial charge in [-0.3, -0.25) is 14.2 Å². The Balaban J connectivity index is 1.35. The summed E-state index contributed by atoms with van der Waals surface area (Å²) < 4.78 is 16.9. The van der Waals surface area contributed by atoms with Crippen LogP contribution < -0.4 is 15.8 Å². The number of nitrogens with zero attached hydrogens (tertiary/aromatic N) is 1. The Morgan fingerprint density at radius 1 is 1.14 bits per heavy atom. The highest BCUT2D eigenvalue weighted by Gasteiger charge is 2.12. The Morgan fingerprint density at radius 3 is 2.79 bits per heavy atom. The number of oxazole rings is 1. The number of carbonyl (C=O) groups is 2. The lowest BCUT2D eigenvalue weighted by molar-refractivity contribution is -0.148. The van der Waals surface area contributed by atoms with E-state index in [2.05, 4.69) is 5.32 Å². The Bertz CT molecular complexity index is 1050. The fraction of sp³-hybridized carbons (Fsp3) is 0.286. The Labute approximate surface area is 167 Å². The summed E-state index contributed by atoms with van der Waals surface area (Å²) in [6.07, 6.45) is -0.0484. The number of hydrogen-bond acceptors (Lipinski definition) is 6. The van der Waals surface area contributed by atoms with Crippen LogP contribution in [-0.2, 0) is 20.9 Å². The highest BCUT2D eigenvalue weighted by molar-refractivity contribution is 5.80. The minimum absolute atomic E-state index is 0.0484. The molecule has 1 amide bonds. The van der Waals surface area contributed by atoms with Crippen LogP contribution in [0.2, 0.25) is 0 Å². The highest BCUT2D eigenvalue weighted by atomic mass is 16.5. The third kappa shape index (κ3) is 5.71. The number of carbonyl (C=O) groups excluding carboxylic acids is 2. The van der Waals surface area contributed by atoms with Crippen LogP contribution in [0.4, 0.5) is 0 Å². The number of aryl methyl sites for hydroxylation is 2. The van der Waals surface area contributed by atoms with Crippen LogP contribution in [0.15, 0.2) is 57.7 Å². The van der Waals surface area contributed by atoms with Crippen LogP contribution in [0.5, 0.6) is 5.75 Å². The molecule has 0 aliphatic rings. The predicted octanol–water partition coefficient (Wildman–Crippen LogP) is 2.03. The number of nitrogens with one attached hydrogen (secondary N) is 1. The first-order valence-electron chi connectivity index (χ1n) is 9.23. The number of benzene rings is 2. The van der Waals surface area contributed by atoms with Crippen LogP contribution in [-0.4, -0.2) is 36.2 Å². The van der Waals surface area contributed by atoms with Gasteiger partial charge in [0.2, 0.25) is 0 Å². The third-order valence-corrected chi connectivity index (χ3v) is 4.16. The molecule has 0 saturated carbocycles. The molecule has 0 bridgehead atoms. The van der Waals surface area contributed by atoms with E-state index in [0.29, 0.717) is 24.3 Å². The van der Waals surface area contributed by atoms with Gasteiger partial charge in [-0.15, -0.1) is 0 Å². The zero-order chi connectivity index (χ0) is 20.6. The number of fused-ring (bicyclic) bond motifs is 1. The lowest BCUT2D eigenvalue weighted by Gasteiger charge is -2.09. The Morgan fingerprint density at radius 2 is 1.97 bits per heavy atom. The largest absolute Gasteiger partial charge is 0.492 e. The molecule has 0 fully saturated rings. The molecular formula is C21H22N2O6. The van der Waals surface area contributed by atoms with Gasteiger partial charge in [0.15, 0.2) is 12.2 Å². The molecule has 0 spiro atoms. The average Bonchev–Trinajstić information content (AvgIpc) is 3.03. The first-order valence-corrected chi connectivity index (χ1v) is 9.23. The maximum absolute atomic E-state index is 11.9. The molecule has 0 saturated heterocycles. The van der Waals surface area contributed by atoms with Crippen LogP contribution >= 0.6 is 0 Å². The molecule has 1 aromatic heterocycles. The van der Waals surface area contributed by atoms with E-state index in [1.165, 1.54) is 4.57 Å². The molecule has 1 N–H and O–H groups in total. The Kier molecular flexibility index (Phi) is 6.67. The van der Waals surface area contributed by atoms with Gasteiger partial charge in [-0.2, -0.15) is 0 Å². The Hall–Kier alpha value is -3.55. The monoisotopic (exact) mass is 398 g/mol. The number of hydrogen-bond donors (Lipinski definition) is 1. The SMILES string of the molecule is Cc1cccc(OCCNC(=O)COC(=O)CCn2c(=O)oc3ccccc32)c1. The molecule has 3 aromatic rings. The van der Waals surface area contributed by atoms with Crippen molar-refractivity contribution in [2.24, 2.45) is 0 Å². The fourth-order valence-corrected chi connectivity index (χ4v) is 2.76. The second kappa shape index (κ2) is 9.59. The molecule has 8 heteroatoms. The van der Waals surface area contributed by atoms with Crippen molar-refractivity contribution in [3.63, 3.8) is 0 Å². The normalized spacial score (nSPS) is 10.7. The zero-order valence-electron chi connectivity index (χ0n) is 16.1. The summed E-state index contributed by atoms with van der Waals surface area (Å²) in [6, 6.07) is 14.5. The van der Waals surface area contributed by atoms with Crippen LogP contribution in [0.25, 0.3) is 11.1 Å². The van der Waals surface area contributed by atoms with E-state index in [0.717, 1.165) is 11.3 Å². The smallest absolute Gasteiger partial charge is 0.419 e. The van der Waals surface area contributed by atoms with Gasteiger partial charge in [-0.25, -0.2) is 4.79 Å². The minimum atomic E-state index is -0.576. The predicted molar refractivity (Wildman–Crippen MR) is 106 cm³/mol. The van der Waals surface area contributed by atoms with Crippen molar-refractivity contribution in [3.8, 4) is 5.75 Å². The van der Waals surface area contributed by atoms with Crippen molar-refractivity contribution in [3.05, 3.63) is 64.6 Å². The molecule has 1 heterocycles. The molecule has 29 heavy (non-hydrogen) atoms. The number of esters is 1. The molecular weight excluding hydrogens is 376 g/mol. The fourth-order valence-electron chi connectivity index (χ4n) is 2.76. The molecule has 2 aromatic carbocycles. The second-order valence-corrected chi connectivity index (χ2v) is 6.41. The van der Waals surface area contributed by atoms with Crippen LogP contribution in [0.3, 0.4) is 0 Å². The number of para-hydroxylation sites is 2. The summed E-state index contributed by atoms with van der Waals surface area (Å²) in [6.45, 7) is 2.29. The molecule has 8 nitrogen and oxygen atoms in total. The van der Waals surface area contributed by atoms with Crippen LogP contribution in [0.1, 0.15) is 12.0 Å². The molecule has 3 rings (SSSR count). The van der Waals surface area contributed by atoms with E-state index in [-0.39, 0.29) is 19.6 Å². The quantitative estimate of drug-likeness (QED) is 0.437. The van der Waals surface area contributed by atoms with Crippen LogP contribution in [0, 0.1) is 6.92 Å². The average molecular weight is 398 g/mol. The summed E-state index contributed by atoms with van der Waals surface area (Å²) in [7, 11) is 0. The summed E-state index contributed by atoms with van der Waals surface area (Å²) in [5.74, 6) is -0.802. The summed E-state index contributed by atoms with van der Waals surface area (Å²) in [4.78, 5) is 35.5. The van der Waals surface area contributed by atoms with E-state index in [1.54, 1.807) is 24.3 Å². The summed E-state index contributed by atoms with van der Waals surface area (Å²) >= 11 is 0. The molecule has 0 unspecified atom stereocenters. The maximum atomic E-state index is 11.9. The maximum Gasteiger partial charge on any atom is 0.419 e. The van der Waals surface area contributed by atoms with Gasteiger partial charge in [-0.05, 0) is 36.8 Å². The van der Waals surface area contributed by atoms with E-state index >= 15 is 0 Å². The van der Waals surface area contributed by atoms with Crippen molar-refractivity contribution in [1.82, 2.24) is 9.88 Å². The van der Waals surface area contributed by atoms with Gasteiger partial charge >= 0.3 is 11.7 Å². The summed E-state index contributed by atoms with van der Waals surface area (Å²) in [5, 5.41) is 2.61. The van der Waals surface area contributed by atoms with Gasteiger partial charge in [0.1, 0.15) is 12.4 Å². The minimum Gasteiger partial charge on any atom is -0.492 e. The van der Waals surface area contributed by atoms with Crippen molar-refractivity contribution >= 4 is 23.0 Å². The van der Waals surface area contributed by atoms with Gasteiger partial charge in [0.05, 0.1) is 18.5 Å². The first-order chi connectivity index (χ1) is 14.0. The summed E-state index contributed by atoms with van der Waals surface area (Å²) in [5.41, 5.74) is 2.15.